The Bertz CT molecular complexity index is 651. The van der Waals surface area contributed by atoms with Crippen molar-refractivity contribution in [1.29, 1.82) is 0 Å². The number of aliphatic hydroxyl groups is 1. The summed E-state index contributed by atoms with van der Waals surface area (Å²) in [5, 5.41) is 10.6. The van der Waals surface area contributed by atoms with Crippen molar-refractivity contribution in [2.45, 2.75) is 125 Å². The van der Waals surface area contributed by atoms with Crippen LogP contribution in [0.3, 0.4) is 0 Å². The van der Waals surface area contributed by atoms with E-state index in [0.717, 1.165) is 49.4 Å². The van der Waals surface area contributed by atoms with E-state index in [2.05, 4.69) is 61.5 Å². The predicted molar refractivity (Wildman–Crippen MR) is 138 cm³/mol. The highest BCUT2D eigenvalue weighted by Gasteiger charge is 2.51. The first-order valence-corrected chi connectivity index (χ1v) is 14.0. The van der Waals surface area contributed by atoms with Crippen molar-refractivity contribution in [2.75, 3.05) is 0 Å². The molecule has 0 aromatic carbocycles. The van der Waals surface area contributed by atoms with E-state index in [1.807, 2.05) is 0 Å². The van der Waals surface area contributed by atoms with Crippen LogP contribution in [0, 0.1) is 52.3 Å². The summed E-state index contributed by atoms with van der Waals surface area (Å²) in [5.74, 6) is 4.70. The lowest BCUT2D eigenvalue weighted by Crippen LogP contribution is -2.50. The maximum Gasteiger partial charge on any atom is 0.0568 e. The lowest BCUT2D eigenvalue weighted by atomic mass is 9.51. The lowest BCUT2D eigenvalue weighted by molar-refractivity contribution is -0.0632. The van der Waals surface area contributed by atoms with E-state index in [4.69, 9.17) is 5.73 Å². The second kappa shape index (κ2) is 10.1. The first-order chi connectivity index (χ1) is 14.9. The topological polar surface area (TPSA) is 46.2 Å². The monoisotopic (exact) mass is 445 g/mol. The molecule has 2 saturated carbocycles. The van der Waals surface area contributed by atoms with Crippen LogP contribution < -0.4 is 5.73 Å². The van der Waals surface area contributed by atoms with Gasteiger partial charge in [-0.2, -0.15) is 0 Å². The number of rotatable bonds is 5. The minimum Gasteiger partial charge on any atom is -0.393 e. The summed E-state index contributed by atoms with van der Waals surface area (Å²) in [6, 6.07) is 0.220. The van der Waals surface area contributed by atoms with Crippen LogP contribution >= 0.6 is 0 Å². The normalized spacial score (nSPS) is 42.2. The molecular weight excluding hydrogens is 390 g/mol. The van der Waals surface area contributed by atoms with Crippen LogP contribution in [-0.2, 0) is 0 Å². The van der Waals surface area contributed by atoms with Crippen molar-refractivity contribution in [3.05, 3.63) is 11.6 Å². The molecule has 9 atom stereocenters. The molecule has 3 rings (SSSR count). The Morgan fingerprint density at radius 3 is 2.44 bits per heavy atom. The molecule has 0 aromatic rings. The molecule has 3 aliphatic carbocycles. The second-order valence-electron chi connectivity index (χ2n) is 13.7. The highest BCUT2D eigenvalue weighted by molar-refractivity contribution is 5.24. The van der Waals surface area contributed by atoms with Crippen LogP contribution in [0.2, 0.25) is 0 Å². The summed E-state index contributed by atoms with van der Waals surface area (Å²) in [7, 11) is 0. The Kier molecular flexibility index (Phi) is 8.30. The Morgan fingerprint density at radius 1 is 1.09 bits per heavy atom. The summed E-state index contributed by atoms with van der Waals surface area (Å²) < 4.78 is 0. The molecule has 186 valence electrons. The Labute approximate surface area is 200 Å². The van der Waals surface area contributed by atoms with E-state index in [-0.39, 0.29) is 12.1 Å². The van der Waals surface area contributed by atoms with Crippen LogP contribution in [0.25, 0.3) is 0 Å². The summed E-state index contributed by atoms with van der Waals surface area (Å²) in [4.78, 5) is 0. The zero-order chi connectivity index (χ0) is 23.8. The molecule has 2 nitrogen and oxygen atoms in total. The van der Waals surface area contributed by atoms with Crippen molar-refractivity contribution < 1.29 is 5.11 Å². The second-order valence-corrected chi connectivity index (χ2v) is 13.7. The number of hydrogen-bond acceptors (Lipinski definition) is 2. The van der Waals surface area contributed by atoms with E-state index in [1.165, 1.54) is 32.1 Å². The molecule has 0 amide bonds. The molecule has 0 saturated heterocycles. The number of aliphatic hydroxyl groups excluding tert-OH is 1. The van der Waals surface area contributed by atoms with Gasteiger partial charge in [0.05, 0.1) is 6.10 Å². The van der Waals surface area contributed by atoms with Gasteiger partial charge in [0.2, 0.25) is 0 Å². The van der Waals surface area contributed by atoms with Gasteiger partial charge in [-0.15, -0.1) is 0 Å². The van der Waals surface area contributed by atoms with E-state index in [9.17, 15) is 5.11 Å². The molecule has 0 radical (unpaired) electrons. The summed E-state index contributed by atoms with van der Waals surface area (Å²) in [6.45, 7) is 19.6. The van der Waals surface area contributed by atoms with Crippen LogP contribution in [0.5, 0.6) is 0 Å². The van der Waals surface area contributed by atoms with Gasteiger partial charge in [0.25, 0.3) is 0 Å². The van der Waals surface area contributed by atoms with Crippen molar-refractivity contribution in [1.82, 2.24) is 0 Å². The van der Waals surface area contributed by atoms with Gasteiger partial charge in [-0.05, 0) is 110 Å². The fourth-order valence-corrected chi connectivity index (χ4v) is 8.11. The minimum absolute atomic E-state index is 0.120. The van der Waals surface area contributed by atoms with Gasteiger partial charge < -0.3 is 10.8 Å². The van der Waals surface area contributed by atoms with E-state index in [1.54, 1.807) is 5.57 Å². The minimum atomic E-state index is -0.120. The number of nitrogens with two attached hydrogens (primary N) is 1. The standard InChI is InChI=1S/C30H55NO/c1-19(2)20(3)15-17-29(6,7)24-13-14-27(31)23-10-12-25-22(5)28(32)16-18-30(25,8)26(23)11-9-21(24)4/h10,19-22,24-28,32H,9,11-18,31H2,1-8H3/t20?,21-,22+,24?,25?,26?,27-,28-,30-/m0/s1. The Morgan fingerprint density at radius 2 is 1.78 bits per heavy atom. The molecule has 0 bridgehead atoms. The first kappa shape index (κ1) is 26.3. The Hall–Kier alpha value is -0.340. The Balaban J connectivity index is 1.79. The van der Waals surface area contributed by atoms with Gasteiger partial charge in [-0.25, -0.2) is 0 Å². The van der Waals surface area contributed by atoms with Crippen LogP contribution in [0.4, 0.5) is 0 Å². The average Bonchev–Trinajstić information content (AvgIpc) is 2.78. The third-order valence-electron chi connectivity index (χ3n) is 11.1. The maximum atomic E-state index is 10.6. The van der Waals surface area contributed by atoms with E-state index in [0.29, 0.717) is 28.6 Å². The predicted octanol–water partition coefficient (Wildman–Crippen LogP) is 7.60. The third kappa shape index (κ3) is 5.17. The largest absolute Gasteiger partial charge is 0.393 e. The molecule has 2 heteroatoms. The van der Waals surface area contributed by atoms with Gasteiger partial charge in [-0.3, -0.25) is 0 Å². The molecule has 3 N–H and O–H groups in total. The van der Waals surface area contributed by atoms with Crippen molar-refractivity contribution in [2.24, 2.45) is 58.0 Å². The van der Waals surface area contributed by atoms with Crippen molar-refractivity contribution in [3.8, 4) is 0 Å². The highest BCUT2D eigenvalue weighted by atomic mass is 16.3. The van der Waals surface area contributed by atoms with Gasteiger partial charge >= 0.3 is 0 Å². The molecular formula is C30H55NO. The zero-order valence-corrected chi connectivity index (χ0v) is 22.7. The smallest absolute Gasteiger partial charge is 0.0568 e. The zero-order valence-electron chi connectivity index (χ0n) is 22.7. The third-order valence-corrected chi connectivity index (χ3v) is 11.1. The number of fused-ring (bicyclic) bond motifs is 3. The van der Waals surface area contributed by atoms with Crippen molar-refractivity contribution in [3.63, 3.8) is 0 Å². The lowest BCUT2D eigenvalue weighted by Gasteiger charge is -2.55. The van der Waals surface area contributed by atoms with E-state index < -0.39 is 0 Å². The quantitative estimate of drug-likeness (QED) is 0.428. The fraction of sp³-hybridized carbons (Fsp3) is 0.933. The molecule has 0 heterocycles. The first-order valence-electron chi connectivity index (χ1n) is 14.0. The van der Waals surface area contributed by atoms with Gasteiger partial charge in [0.1, 0.15) is 0 Å². The van der Waals surface area contributed by atoms with Crippen LogP contribution in [0.15, 0.2) is 11.6 Å². The van der Waals surface area contributed by atoms with Gasteiger partial charge in [-0.1, -0.05) is 67.0 Å². The molecule has 3 aliphatic rings. The number of hydrogen-bond donors (Lipinski definition) is 2. The fourth-order valence-electron chi connectivity index (χ4n) is 8.11. The summed E-state index contributed by atoms with van der Waals surface area (Å²) >= 11 is 0. The van der Waals surface area contributed by atoms with Gasteiger partial charge in [0, 0.05) is 6.04 Å². The van der Waals surface area contributed by atoms with Gasteiger partial charge in [0.15, 0.2) is 0 Å². The molecule has 4 unspecified atom stereocenters. The highest BCUT2D eigenvalue weighted by Crippen LogP contribution is 2.58. The molecule has 0 aliphatic heterocycles. The SMILES string of the molecule is CC(C)C(C)CCC(C)(C)C1CC[C@H](N)C2=CCC3[C@@H](C)[C@@H](O)CC[C@]3(C)C2CC[C@@H]1C. The molecule has 2 fully saturated rings. The maximum absolute atomic E-state index is 10.6. The average molecular weight is 446 g/mol. The van der Waals surface area contributed by atoms with Crippen molar-refractivity contribution >= 4 is 0 Å². The summed E-state index contributed by atoms with van der Waals surface area (Å²) in [5.41, 5.74) is 9.23. The molecule has 0 spiro atoms. The van der Waals surface area contributed by atoms with Crippen LogP contribution in [-0.4, -0.2) is 17.3 Å². The molecule has 32 heavy (non-hydrogen) atoms. The molecule has 0 aromatic heterocycles. The van der Waals surface area contributed by atoms with E-state index >= 15 is 0 Å². The number of allylic oxidation sites excluding steroid dienone is 1. The summed E-state index contributed by atoms with van der Waals surface area (Å²) in [6.07, 6.45) is 13.3. The van der Waals surface area contributed by atoms with Crippen LogP contribution in [0.1, 0.15) is 113 Å².